The maximum absolute atomic E-state index is 4.73. The molecule has 0 amide bonds. The molecule has 0 saturated heterocycles. The zero-order chi connectivity index (χ0) is 11.7. The van der Waals surface area contributed by atoms with Crippen LogP contribution in [0.15, 0.2) is 36.4 Å². The number of alkyl halides is 1. The summed E-state index contributed by atoms with van der Waals surface area (Å²) in [6.45, 7) is 0. The minimum Gasteiger partial charge on any atom is -0.253 e. The third kappa shape index (κ3) is 2.37. The van der Waals surface area contributed by atoms with E-state index >= 15 is 0 Å². The van der Waals surface area contributed by atoms with Crippen LogP contribution in [-0.4, -0.2) is 9.81 Å². The Morgan fingerprint density at radius 2 is 2.00 bits per heavy atom. The van der Waals surface area contributed by atoms with Crippen LogP contribution in [0.1, 0.15) is 25.0 Å². The number of halogens is 1. The Morgan fingerprint density at radius 3 is 2.76 bits per heavy atom. The molecule has 2 aromatic rings. The van der Waals surface area contributed by atoms with Crippen molar-refractivity contribution in [1.82, 2.24) is 4.98 Å². The van der Waals surface area contributed by atoms with Crippen molar-refractivity contribution >= 4 is 26.8 Å². The van der Waals surface area contributed by atoms with Crippen molar-refractivity contribution in [3.8, 4) is 0 Å². The first-order valence-corrected chi connectivity index (χ1v) is 7.23. The van der Waals surface area contributed by atoms with Crippen LogP contribution in [0.2, 0.25) is 0 Å². The van der Waals surface area contributed by atoms with E-state index in [1.807, 2.05) is 0 Å². The molecule has 1 atom stereocenters. The highest BCUT2D eigenvalue weighted by Crippen LogP contribution is 2.34. The maximum Gasteiger partial charge on any atom is 0.0705 e. The first kappa shape index (κ1) is 11.2. The van der Waals surface area contributed by atoms with E-state index in [1.165, 1.54) is 30.3 Å². The SMILES string of the molecule is BrC(Cc1ccc2ccccc2n1)C1CCC1. The molecule has 0 N–H and O–H groups in total. The number of hydrogen-bond donors (Lipinski definition) is 0. The molecule has 1 aromatic carbocycles. The standard InChI is InChI=1S/C15H16BrN/c16-14(11-5-3-6-11)10-13-9-8-12-4-1-2-7-15(12)17-13/h1-2,4,7-9,11,14H,3,5-6,10H2. The lowest BCUT2D eigenvalue weighted by Crippen LogP contribution is -2.24. The number of benzene rings is 1. The van der Waals surface area contributed by atoms with E-state index < -0.39 is 0 Å². The summed E-state index contributed by atoms with van der Waals surface area (Å²) in [5.74, 6) is 0.864. The van der Waals surface area contributed by atoms with Crippen molar-refractivity contribution in [2.24, 2.45) is 5.92 Å². The zero-order valence-electron chi connectivity index (χ0n) is 9.77. The molecule has 88 valence electrons. The lowest BCUT2D eigenvalue weighted by molar-refractivity contribution is 0.308. The molecule has 0 bridgehead atoms. The third-order valence-corrected chi connectivity index (χ3v) is 4.79. The highest BCUT2D eigenvalue weighted by Gasteiger charge is 2.25. The fourth-order valence-electron chi connectivity index (χ4n) is 2.39. The summed E-state index contributed by atoms with van der Waals surface area (Å²) in [5.41, 5.74) is 2.32. The van der Waals surface area contributed by atoms with Gasteiger partial charge in [0.1, 0.15) is 0 Å². The normalized spacial score (nSPS) is 17.9. The van der Waals surface area contributed by atoms with E-state index in [1.54, 1.807) is 0 Å². The van der Waals surface area contributed by atoms with Gasteiger partial charge in [-0.3, -0.25) is 4.98 Å². The Kier molecular flexibility index (Phi) is 3.15. The van der Waals surface area contributed by atoms with Gasteiger partial charge in [-0.25, -0.2) is 0 Å². The summed E-state index contributed by atoms with van der Waals surface area (Å²) >= 11 is 3.82. The van der Waals surface area contributed by atoms with Gasteiger partial charge in [-0.2, -0.15) is 0 Å². The number of rotatable bonds is 3. The van der Waals surface area contributed by atoms with E-state index in [-0.39, 0.29) is 0 Å². The predicted octanol–water partition coefficient (Wildman–Crippen LogP) is 4.34. The molecular formula is C15H16BrN. The highest BCUT2D eigenvalue weighted by atomic mass is 79.9. The summed E-state index contributed by atoms with van der Waals surface area (Å²) < 4.78 is 0. The van der Waals surface area contributed by atoms with Crippen molar-refractivity contribution in [2.45, 2.75) is 30.5 Å². The minimum absolute atomic E-state index is 0.602. The van der Waals surface area contributed by atoms with Crippen LogP contribution in [0, 0.1) is 5.92 Å². The molecule has 1 fully saturated rings. The molecular weight excluding hydrogens is 274 g/mol. The number of para-hydroxylation sites is 1. The van der Waals surface area contributed by atoms with Gasteiger partial charge in [0.25, 0.3) is 0 Å². The number of fused-ring (bicyclic) bond motifs is 1. The fraction of sp³-hybridized carbons (Fsp3) is 0.400. The monoisotopic (exact) mass is 289 g/mol. The zero-order valence-corrected chi connectivity index (χ0v) is 11.4. The van der Waals surface area contributed by atoms with Crippen molar-refractivity contribution in [3.63, 3.8) is 0 Å². The molecule has 0 spiro atoms. The Labute approximate surface area is 110 Å². The molecule has 0 aliphatic heterocycles. The maximum atomic E-state index is 4.73. The van der Waals surface area contributed by atoms with Crippen LogP contribution in [0.5, 0.6) is 0 Å². The molecule has 1 aromatic heterocycles. The number of pyridine rings is 1. The summed E-state index contributed by atoms with van der Waals surface area (Å²) in [6, 6.07) is 12.7. The van der Waals surface area contributed by atoms with Crippen molar-refractivity contribution < 1.29 is 0 Å². The highest BCUT2D eigenvalue weighted by molar-refractivity contribution is 9.09. The van der Waals surface area contributed by atoms with Crippen molar-refractivity contribution in [2.75, 3.05) is 0 Å². The van der Waals surface area contributed by atoms with Gasteiger partial charge < -0.3 is 0 Å². The number of aromatic nitrogens is 1. The number of hydrogen-bond acceptors (Lipinski definition) is 1. The number of nitrogens with zero attached hydrogens (tertiary/aromatic N) is 1. The molecule has 0 radical (unpaired) electrons. The third-order valence-electron chi connectivity index (χ3n) is 3.72. The summed E-state index contributed by atoms with van der Waals surface area (Å²) in [5, 5.41) is 1.23. The Bertz CT molecular complexity index is 519. The van der Waals surface area contributed by atoms with Gasteiger partial charge >= 0.3 is 0 Å². The lowest BCUT2D eigenvalue weighted by atomic mass is 9.81. The quantitative estimate of drug-likeness (QED) is 0.766. The summed E-state index contributed by atoms with van der Waals surface area (Å²) in [4.78, 5) is 5.33. The average molecular weight is 290 g/mol. The van der Waals surface area contributed by atoms with Crippen LogP contribution in [0.3, 0.4) is 0 Å². The summed E-state index contributed by atoms with van der Waals surface area (Å²) in [7, 11) is 0. The molecule has 1 nitrogen and oxygen atoms in total. The fourth-order valence-corrected chi connectivity index (χ4v) is 3.25. The Balaban J connectivity index is 1.80. The predicted molar refractivity (Wildman–Crippen MR) is 75.5 cm³/mol. The molecule has 1 aliphatic carbocycles. The molecule has 1 saturated carbocycles. The second-order valence-corrected chi connectivity index (χ2v) is 6.08. The summed E-state index contributed by atoms with van der Waals surface area (Å²) in [6.07, 6.45) is 5.21. The van der Waals surface area contributed by atoms with Gasteiger partial charge in [0.15, 0.2) is 0 Å². The van der Waals surface area contributed by atoms with Crippen molar-refractivity contribution in [1.29, 1.82) is 0 Å². The van der Waals surface area contributed by atoms with Gasteiger partial charge in [-0.05, 0) is 30.9 Å². The molecule has 1 unspecified atom stereocenters. The first-order chi connectivity index (χ1) is 8.33. The minimum atomic E-state index is 0.602. The van der Waals surface area contributed by atoms with Crippen LogP contribution in [0.4, 0.5) is 0 Å². The second kappa shape index (κ2) is 4.77. The largest absolute Gasteiger partial charge is 0.253 e. The smallest absolute Gasteiger partial charge is 0.0705 e. The first-order valence-electron chi connectivity index (χ1n) is 6.32. The second-order valence-electron chi connectivity index (χ2n) is 4.91. The molecule has 2 heteroatoms. The van der Waals surface area contributed by atoms with Crippen LogP contribution in [-0.2, 0) is 6.42 Å². The molecule has 17 heavy (non-hydrogen) atoms. The van der Waals surface area contributed by atoms with Gasteiger partial charge in [0.05, 0.1) is 5.52 Å². The molecule has 1 heterocycles. The van der Waals surface area contributed by atoms with Crippen LogP contribution < -0.4 is 0 Å². The van der Waals surface area contributed by atoms with Crippen molar-refractivity contribution in [3.05, 3.63) is 42.1 Å². The van der Waals surface area contributed by atoms with Gasteiger partial charge in [-0.1, -0.05) is 46.6 Å². The molecule has 3 rings (SSSR count). The van der Waals surface area contributed by atoms with E-state index in [0.29, 0.717) is 4.83 Å². The van der Waals surface area contributed by atoms with Crippen LogP contribution >= 0.6 is 15.9 Å². The Morgan fingerprint density at radius 1 is 1.18 bits per heavy atom. The average Bonchev–Trinajstić information content (AvgIpc) is 2.26. The van der Waals surface area contributed by atoms with E-state index in [0.717, 1.165) is 17.9 Å². The lowest BCUT2D eigenvalue weighted by Gasteiger charge is -2.30. The van der Waals surface area contributed by atoms with Crippen LogP contribution in [0.25, 0.3) is 10.9 Å². The Hall–Kier alpha value is -0.890. The van der Waals surface area contributed by atoms with E-state index in [9.17, 15) is 0 Å². The van der Waals surface area contributed by atoms with Gasteiger partial charge in [0, 0.05) is 22.3 Å². The molecule has 1 aliphatic rings. The van der Waals surface area contributed by atoms with E-state index in [2.05, 4.69) is 52.3 Å². The van der Waals surface area contributed by atoms with Gasteiger partial charge in [-0.15, -0.1) is 0 Å². The van der Waals surface area contributed by atoms with Gasteiger partial charge in [0.2, 0.25) is 0 Å². The van der Waals surface area contributed by atoms with E-state index in [4.69, 9.17) is 4.98 Å². The topological polar surface area (TPSA) is 12.9 Å².